The molecule has 5 heteroatoms. The molecule has 1 saturated carbocycles. The Bertz CT molecular complexity index is 767. The molecule has 1 aliphatic rings. The van der Waals surface area contributed by atoms with Crippen molar-refractivity contribution in [2.24, 2.45) is 0 Å². The molecule has 0 radical (unpaired) electrons. The number of benzene rings is 2. The van der Waals surface area contributed by atoms with E-state index in [9.17, 15) is 14.7 Å². The highest BCUT2D eigenvalue weighted by molar-refractivity contribution is 6.10. The van der Waals surface area contributed by atoms with Crippen LogP contribution >= 0.6 is 0 Å². The van der Waals surface area contributed by atoms with Gasteiger partial charge in [0, 0.05) is 6.04 Å². The number of para-hydroxylation sites is 2. The van der Waals surface area contributed by atoms with E-state index in [0.29, 0.717) is 11.3 Å². The molecule has 2 aromatic rings. The van der Waals surface area contributed by atoms with Crippen LogP contribution in [0.4, 0.5) is 5.69 Å². The monoisotopic (exact) mass is 338 g/mol. The van der Waals surface area contributed by atoms with E-state index in [0.717, 1.165) is 25.7 Å². The number of phenolic OH excluding ortho intramolecular Hbond substituents is 1. The predicted octanol–water partition coefficient (Wildman–Crippen LogP) is 3.71. The average Bonchev–Trinajstić information content (AvgIpc) is 2.63. The lowest BCUT2D eigenvalue weighted by atomic mass is 9.95. The van der Waals surface area contributed by atoms with Crippen LogP contribution in [0.5, 0.6) is 5.75 Å². The van der Waals surface area contributed by atoms with Crippen molar-refractivity contribution in [1.82, 2.24) is 5.32 Å². The highest BCUT2D eigenvalue weighted by atomic mass is 16.3. The number of carbonyl (C=O) groups excluding carboxylic acids is 2. The summed E-state index contributed by atoms with van der Waals surface area (Å²) in [5, 5.41) is 15.6. The van der Waals surface area contributed by atoms with E-state index in [1.54, 1.807) is 36.4 Å². The maximum Gasteiger partial charge on any atom is 0.259 e. The minimum atomic E-state index is -0.448. The standard InChI is InChI=1S/C20H22N2O3/c23-18-13-7-5-11-16(18)20(25)22-17-12-6-4-10-15(17)19(24)21-14-8-2-1-3-9-14/h4-7,10-14,23H,1-3,8-9H2,(H,21,24)(H,22,25). The van der Waals surface area contributed by atoms with Crippen LogP contribution in [0.15, 0.2) is 48.5 Å². The van der Waals surface area contributed by atoms with Crippen molar-refractivity contribution < 1.29 is 14.7 Å². The van der Waals surface area contributed by atoms with Crippen LogP contribution in [-0.2, 0) is 0 Å². The first kappa shape index (κ1) is 17.0. The number of carbonyl (C=O) groups is 2. The molecule has 0 atom stereocenters. The molecule has 0 bridgehead atoms. The van der Waals surface area contributed by atoms with Gasteiger partial charge in [0.05, 0.1) is 16.8 Å². The second kappa shape index (κ2) is 7.83. The molecular formula is C20H22N2O3. The molecule has 3 rings (SSSR count). The first-order chi connectivity index (χ1) is 12.1. The zero-order chi connectivity index (χ0) is 17.6. The van der Waals surface area contributed by atoms with Crippen LogP contribution in [-0.4, -0.2) is 23.0 Å². The molecule has 0 saturated heterocycles. The van der Waals surface area contributed by atoms with Crippen molar-refractivity contribution >= 4 is 17.5 Å². The quantitative estimate of drug-likeness (QED) is 0.795. The number of nitrogens with one attached hydrogen (secondary N) is 2. The summed E-state index contributed by atoms with van der Waals surface area (Å²) in [5.41, 5.74) is 1.03. The Morgan fingerprint density at radius 3 is 2.20 bits per heavy atom. The van der Waals surface area contributed by atoms with Crippen molar-refractivity contribution in [3.05, 3.63) is 59.7 Å². The van der Waals surface area contributed by atoms with Gasteiger partial charge in [0.2, 0.25) is 0 Å². The van der Waals surface area contributed by atoms with Gasteiger partial charge in [0.1, 0.15) is 5.75 Å². The Morgan fingerprint density at radius 2 is 1.48 bits per heavy atom. The van der Waals surface area contributed by atoms with E-state index in [1.165, 1.54) is 18.6 Å². The molecule has 130 valence electrons. The first-order valence-electron chi connectivity index (χ1n) is 8.64. The second-order valence-corrected chi connectivity index (χ2v) is 6.33. The fourth-order valence-corrected chi connectivity index (χ4v) is 3.16. The molecule has 0 unspecified atom stereocenters. The van der Waals surface area contributed by atoms with Crippen LogP contribution in [0, 0.1) is 0 Å². The molecule has 0 heterocycles. The Labute approximate surface area is 147 Å². The smallest absolute Gasteiger partial charge is 0.259 e. The van der Waals surface area contributed by atoms with Crippen LogP contribution in [0.1, 0.15) is 52.8 Å². The summed E-state index contributed by atoms with van der Waals surface area (Å²) in [6.07, 6.45) is 5.49. The van der Waals surface area contributed by atoms with Gasteiger partial charge in [-0.3, -0.25) is 9.59 Å². The van der Waals surface area contributed by atoms with Crippen molar-refractivity contribution in [2.45, 2.75) is 38.1 Å². The number of anilines is 1. The summed E-state index contributed by atoms with van der Waals surface area (Å²) in [6, 6.07) is 13.4. The molecule has 2 aromatic carbocycles. The van der Waals surface area contributed by atoms with Gasteiger partial charge in [-0.25, -0.2) is 0 Å². The van der Waals surface area contributed by atoms with Gasteiger partial charge in [0.25, 0.3) is 11.8 Å². The number of hydrogen-bond donors (Lipinski definition) is 3. The zero-order valence-electron chi connectivity index (χ0n) is 14.0. The van der Waals surface area contributed by atoms with E-state index >= 15 is 0 Å². The number of phenols is 1. The molecule has 1 aliphatic carbocycles. The SMILES string of the molecule is O=C(Nc1ccccc1C(=O)NC1CCCCC1)c1ccccc1O. The van der Waals surface area contributed by atoms with E-state index in [2.05, 4.69) is 10.6 Å². The maximum atomic E-state index is 12.6. The second-order valence-electron chi connectivity index (χ2n) is 6.33. The molecule has 0 aromatic heterocycles. The molecule has 0 aliphatic heterocycles. The van der Waals surface area contributed by atoms with Gasteiger partial charge in [-0.15, -0.1) is 0 Å². The molecule has 1 fully saturated rings. The average molecular weight is 338 g/mol. The lowest BCUT2D eigenvalue weighted by Crippen LogP contribution is -2.36. The third-order valence-electron chi connectivity index (χ3n) is 4.51. The van der Waals surface area contributed by atoms with Gasteiger partial charge in [-0.2, -0.15) is 0 Å². The van der Waals surface area contributed by atoms with Crippen LogP contribution in [0.2, 0.25) is 0 Å². The Kier molecular flexibility index (Phi) is 5.33. The van der Waals surface area contributed by atoms with Crippen molar-refractivity contribution in [3.63, 3.8) is 0 Å². The lowest BCUT2D eigenvalue weighted by Gasteiger charge is -2.23. The molecule has 0 spiro atoms. The molecule has 3 N–H and O–H groups in total. The fraction of sp³-hybridized carbons (Fsp3) is 0.300. The highest BCUT2D eigenvalue weighted by Gasteiger charge is 2.20. The van der Waals surface area contributed by atoms with Crippen molar-refractivity contribution in [1.29, 1.82) is 0 Å². The fourth-order valence-electron chi connectivity index (χ4n) is 3.16. The zero-order valence-corrected chi connectivity index (χ0v) is 14.0. The van der Waals surface area contributed by atoms with E-state index in [-0.39, 0.29) is 23.3 Å². The molecule has 25 heavy (non-hydrogen) atoms. The van der Waals surface area contributed by atoms with Gasteiger partial charge >= 0.3 is 0 Å². The van der Waals surface area contributed by atoms with E-state index < -0.39 is 5.91 Å². The number of hydrogen-bond acceptors (Lipinski definition) is 3. The first-order valence-corrected chi connectivity index (χ1v) is 8.64. The summed E-state index contributed by atoms with van der Waals surface area (Å²) in [7, 11) is 0. The minimum absolute atomic E-state index is 0.0934. The van der Waals surface area contributed by atoms with Gasteiger partial charge in [-0.05, 0) is 37.1 Å². The predicted molar refractivity (Wildman–Crippen MR) is 96.8 cm³/mol. The topological polar surface area (TPSA) is 78.4 Å². The van der Waals surface area contributed by atoms with Crippen LogP contribution < -0.4 is 10.6 Å². The van der Waals surface area contributed by atoms with E-state index in [1.807, 2.05) is 0 Å². The van der Waals surface area contributed by atoms with Gasteiger partial charge in [0.15, 0.2) is 0 Å². The maximum absolute atomic E-state index is 12.6. The van der Waals surface area contributed by atoms with Gasteiger partial charge < -0.3 is 15.7 Å². The number of rotatable bonds is 4. The highest BCUT2D eigenvalue weighted by Crippen LogP contribution is 2.22. The number of aromatic hydroxyl groups is 1. The summed E-state index contributed by atoms with van der Waals surface area (Å²) in [4.78, 5) is 25.0. The summed E-state index contributed by atoms with van der Waals surface area (Å²) in [5.74, 6) is -0.722. The van der Waals surface area contributed by atoms with Crippen molar-refractivity contribution in [3.8, 4) is 5.75 Å². The summed E-state index contributed by atoms with van der Waals surface area (Å²) >= 11 is 0. The Balaban J connectivity index is 1.75. The third kappa shape index (κ3) is 4.18. The van der Waals surface area contributed by atoms with Gasteiger partial charge in [-0.1, -0.05) is 43.5 Å². The molecule has 2 amide bonds. The minimum Gasteiger partial charge on any atom is -0.507 e. The summed E-state index contributed by atoms with van der Waals surface area (Å²) < 4.78 is 0. The van der Waals surface area contributed by atoms with Crippen LogP contribution in [0.25, 0.3) is 0 Å². The third-order valence-corrected chi connectivity index (χ3v) is 4.51. The summed E-state index contributed by atoms with van der Waals surface area (Å²) in [6.45, 7) is 0. The van der Waals surface area contributed by atoms with E-state index in [4.69, 9.17) is 0 Å². The largest absolute Gasteiger partial charge is 0.507 e. The van der Waals surface area contributed by atoms with Crippen LogP contribution in [0.3, 0.4) is 0 Å². The molecular weight excluding hydrogens is 316 g/mol. The Hall–Kier alpha value is -2.82. The van der Waals surface area contributed by atoms with Crippen molar-refractivity contribution in [2.75, 3.05) is 5.32 Å². The Morgan fingerprint density at radius 1 is 0.840 bits per heavy atom. The lowest BCUT2D eigenvalue weighted by molar-refractivity contribution is 0.0928. The normalized spacial score (nSPS) is 14.7. The number of amides is 2. The molecule has 5 nitrogen and oxygen atoms in total.